The van der Waals surface area contributed by atoms with Gasteiger partial charge in [-0.1, -0.05) is 12.1 Å². The molecule has 0 fully saturated rings. The van der Waals surface area contributed by atoms with Gasteiger partial charge in [-0.2, -0.15) is 0 Å². The highest BCUT2D eigenvalue weighted by atomic mass is 16.1. The smallest absolute Gasteiger partial charge is 0.221 e. The molecule has 0 aliphatic carbocycles. The molecule has 1 atom stereocenters. The maximum atomic E-state index is 11.0. The number of nitrogens with one attached hydrogen (secondary N) is 2. The Morgan fingerprint density at radius 3 is 2.67 bits per heavy atom. The quantitative estimate of drug-likeness (QED) is 0.748. The molecular weight excluding hydrogens is 226 g/mol. The third-order valence-electron chi connectivity index (χ3n) is 2.57. The molecule has 1 rings (SSSR count). The predicted octanol–water partition coefficient (Wildman–Crippen LogP) is 2.03. The zero-order valence-corrected chi connectivity index (χ0v) is 11.6. The molecule has 100 valence electrons. The van der Waals surface area contributed by atoms with Crippen LogP contribution in [0.4, 0.5) is 5.69 Å². The molecule has 0 bridgehead atoms. The Morgan fingerprint density at radius 1 is 1.44 bits per heavy atom. The zero-order chi connectivity index (χ0) is 13.8. The van der Waals surface area contributed by atoms with E-state index < -0.39 is 0 Å². The largest absolute Gasteiger partial charge is 0.326 e. The maximum absolute atomic E-state index is 11.0. The molecule has 4 heteroatoms. The first-order valence-corrected chi connectivity index (χ1v) is 6.18. The van der Waals surface area contributed by atoms with Crippen LogP contribution in [0.5, 0.6) is 0 Å². The van der Waals surface area contributed by atoms with E-state index in [2.05, 4.69) is 17.6 Å². The Kier molecular flexibility index (Phi) is 4.87. The molecule has 0 radical (unpaired) electrons. The van der Waals surface area contributed by atoms with Crippen LogP contribution in [-0.4, -0.2) is 18.0 Å². The molecule has 18 heavy (non-hydrogen) atoms. The number of nitrogens with two attached hydrogens (primary N) is 1. The van der Waals surface area contributed by atoms with Gasteiger partial charge >= 0.3 is 0 Å². The molecule has 0 aliphatic rings. The van der Waals surface area contributed by atoms with Crippen molar-refractivity contribution in [3.05, 3.63) is 29.8 Å². The second-order valence-corrected chi connectivity index (χ2v) is 5.40. The van der Waals surface area contributed by atoms with Crippen molar-refractivity contribution in [2.45, 2.75) is 39.3 Å². The Morgan fingerprint density at radius 2 is 2.11 bits per heavy atom. The molecular formula is C14H23N3O. The fourth-order valence-electron chi connectivity index (χ4n) is 1.62. The van der Waals surface area contributed by atoms with Crippen molar-refractivity contribution >= 4 is 11.6 Å². The fourth-order valence-corrected chi connectivity index (χ4v) is 1.62. The van der Waals surface area contributed by atoms with Gasteiger partial charge < -0.3 is 16.4 Å². The van der Waals surface area contributed by atoms with Crippen molar-refractivity contribution < 1.29 is 4.79 Å². The van der Waals surface area contributed by atoms with Gasteiger partial charge in [-0.15, -0.1) is 0 Å². The van der Waals surface area contributed by atoms with E-state index >= 15 is 0 Å². The van der Waals surface area contributed by atoms with Crippen LogP contribution in [-0.2, 0) is 4.79 Å². The van der Waals surface area contributed by atoms with Gasteiger partial charge in [-0.25, -0.2) is 0 Å². The lowest BCUT2D eigenvalue weighted by atomic mass is 10.0. The summed E-state index contributed by atoms with van der Waals surface area (Å²) in [6, 6.07) is 8.02. The van der Waals surface area contributed by atoms with Crippen molar-refractivity contribution in [1.82, 2.24) is 5.32 Å². The first-order valence-electron chi connectivity index (χ1n) is 6.18. The number of carbonyl (C=O) groups excluding carboxylic acids is 1. The molecule has 0 saturated heterocycles. The van der Waals surface area contributed by atoms with Crippen LogP contribution in [0.25, 0.3) is 0 Å². The number of hydrogen-bond acceptors (Lipinski definition) is 3. The minimum atomic E-state index is -0.233. The first kappa shape index (κ1) is 14.7. The number of amides is 1. The van der Waals surface area contributed by atoms with Gasteiger partial charge in [-0.05, 0) is 38.5 Å². The Labute approximate surface area is 109 Å². The summed E-state index contributed by atoms with van der Waals surface area (Å²) in [6.07, 6.45) is 0. The lowest BCUT2D eigenvalue weighted by Crippen LogP contribution is -2.43. The standard InChI is InChI=1S/C14H23N3O/c1-10(16-9-14(3,4)15)12-6-5-7-13(8-12)17-11(2)18/h5-8,10,16H,9,15H2,1-4H3,(H,17,18). The highest BCUT2D eigenvalue weighted by molar-refractivity contribution is 5.88. The molecule has 1 aromatic rings. The van der Waals surface area contributed by atoms with Gasteiger partial charge in [0.1, 0.15) is 0 Å². The topological polar surface area (TPSA) is 67.2 Å². The highest BCUT2D eigenvalue weighted by Crippen LogP contribution is 2.17. The summed E-state index contributed by atoms with van der Waals surface area (Å²) in [7, 11) is 0. The monoisotopic (exact) mass is 249 g/mol. The lowest BCUT2D eigenvalue weighted by Gasteiger charge is -2.23. The summed E-state index contributed by atoms with van der Waals surface area (Å²) in [5.41, 5.74) is 7.66. The number of carbonyl (C=O) groups is 1. The van der Waals surface area contributed by atoms with E-state index in [1.54, 1.807) is 0 Å². The summed E-state index contributed by atoms with van der Waals surface area (Å²) >= 11 is 0. The van der Waals surface area contributed by atoms with Crippen LogP contribution in [0.15, 0.2) is 24.3 Å². The first-order chi connectivity index (χ1) is 8.28. The van der Waals surface area contributed by atoms with Crippen LogP contribution in [0.1, 0.15) is 39.3 Å². The van der Waals surface area contributed by atoms with E-state index in [9.17, 15) is 4.79 Å². The predicted molar refractivity (Wildman–Crippen MR) is 75.4 cm³/mol. The molecule has 4 N–H and O–H groups in total. The molecule has 4 nitrogen and oxygen atoms in total. The molecule has 0 saturated carbocycles. The van der Waals surface area contributed by atoms with E-state index in [4.69, 9.17) is 5.73 Å². The molecule has 0 heterocycles. The molecule has 0 spiro atoms. The average Bonchev–Trinajstić information content (AvgIpc) is 2.24. The normalized spacial score (nSPS) is 13.2. The average molecular weight is 249 g/mol. The second-order valence-electron chi connectivity index (χ2n) is 5.40. The number of benzene rings is 1. The third kappa shape index (κ3) is 5.29. The second kappa shape index (κ2) is 5.98. The fraction of sp³-hybridized carbons (Fsp3) is 0.500. The van der Waals surface area contributed by atoms with Crippen LogP contribution in [0, 0.1) is 0 Å². The molecule has 0 aromatic heterocycles. The van der Waals surface area contributed by atoms with E-state index in [0.717, 1.165) is 17.8 Å². The SMILES string of the molecule is CC(=O)Nc1cccc(C(C)NCC(C)(C)N)c1. The van der Waals surface area contributed by atoms with E-state index in [-0.39, 0.29) is 17.5 Å². The Hall–Kier alpha value is -1.39. The minimum Gasteiger partial charge on any atom is -0.326 e. The van der Waals surface area contributed by atoms with Crippen LogP contribution >= 0.6 is 0 Å². The summed E-state index contributed by atoms with van der Waals surface area (Å²) in [5.74, 6) is -0.0594. The molecule has 1 amide bonds. The van der Waals surface area contributed by atoms with Gasteiger partial charge in [-0.3, -0.25) is 4.79 Å². The van der Waals surface area contributed by atoms with Crippen molar-refractivity contribution in [3.8, 4) is 0 Å². The molecule has 1 aromatic carbocycles. The Balaban J connectivity index is 2.68. The number of hydrogen-bond donors (Lipinski definition) is 3. The Bertz CT molecular complexity index is 410. The minimum absolute atomic E-state index is 0.0594. The van der Waals surface area contributed by atoms with E-state index in [1.807, 2.05) is 38.1 Å². The number of rotatable bonds is 5. The van der Waals surface area contributed by atoms with E-state index in [0.29, 0.717) is 0 Å². The summed E-state index contributed by atoms with van der Waals surface area (Å²) in [5, 5.41) is 6.16. The van der Waals surface area contributed by atoms with Crippen LogP contribution in [0.3, 0.4) is 0 Å². The summed E-state index contributed by atoms with van der Waals surface area (Å²) < 4.78 is 0. The third-order valence-corrected chi connectivity index (χ3v) is 2.57. The zero-order valence-electron chi connectivity index (χ0n) is 11.6. The van der Waals surface area contributed by atoms with Crippen molar-refractivity contribution in [2.75, 3.05) is 11.9 Å². The van der Waals surface area contributed by atoms with Gasteiger partial charge in [0.2, 0.25) is 5.91 Å². The lowest BCUT2D eigenvalue weighted by molar-refractivity contribution is -0.114. The van der Waals surface area contributed by atoms with Gasteiger partial charge in [0.15, 0.2) is 0 Å². The molecule has 0 aliphatic heterocycles. The van der Waals surface area contributed by atoms with Crippen molar-refractivity contribution in [3.63, 3.8) is 0 Å². The summed E-state index contributed by atoms with van der Waals surface area (Å²) in [4.78, 5) is 11.0. The highest BCUT2D eigenvalue weighted by Gasteiger charge is 2.13. The van der Waals surface area contributed by atoms with Gasteiger partial charge in [0.25, 0.3) is 0 Å². The van der Waals surface area contributed by atoms with Crippen LogP contribution in [0.2, 0.25) is 0 Å². The van der Waals surface area contributed by atoms with Crippen molar-refractivity contribution in [2.24, 2.45) is 5.73 Å². The van der Waals surface area contributed by atoms with E-state index in [1.165, 1.54) is 6.92 Å². The van der Waals surface area contributed by atoms with Gasteiger partial charge in [0, 0.05) is 30.7 Å². The van der Waals surface area contributed by atoms with Crippen LogP contribution < -0.4 is 16.4 Å². The summed E-state index contributed by atoms with van der Waals surface area (Å²) in [6.45, 7) is 8.29. The van der Waals surface area contributed by atoms with Gasteiger partial charge in [0.05, 0.1) is 0 Å². The van der Waals surface area contributed by atoms with Crippen molar-refractivity contribution in [1.29, 1.82) is 0 Å². The maximum Gasteiger partial charge on any atom is 0.221 e. The molecule has 1 unspecified atom stereocenters. The number of anilines is 1.